The van der Waals surface area contributed by atoms with Crippen LogP contribution in [0.25, 0.3) is 11.3 Å². The van der Waals surface area contributed by atoms with Crippen molar-refractivity contribution >= 4 is 11.8 Å². The van der Waals surface area contributed by atoms with E-state index in [0.29, 0.717) is 6.61 Å². The van der Waals surface area contributed by atoms with Crippen LogP contribution in [0.15, 0.2) is 42.6 Å². The highest BCUT2D eigenvalue weighted by Crippen LogP contribution is 2.36. The summed E-state index contributed by atoms with van der Waals surface area (Å²) in [5.74, 6) is -0.824. The predicted molar refractivity (Wildman–Crippen MR) is 117 cm³/mol. The van der Waals surface area contributed by atoms with Crippen molar-refractivity contribution < 1.29 is 27.8 Å². The van der Waals surface area contributed by atoms with E-state index in [1.165, 1.54) is 16.8 Å². The summed E-state index contributed by atoms with van der Waals surface area (Å²) in [6.07, 6.45) is -2.13. The number of carboxylic acid groups (broad SMARTS) is 1. The summed E-state index contributed by atoms with van der Waals surface area (Å²) < 4.78 is 40.4. The number of anilines is 1. The lowest BCUT2D eigenvalue weighted by molar-refractivity contribution is -0.192. The summed E-state index contributed by atoms with van der Waals surface area (Å²) in [7, 11) is 0. The molecule has 3 aromatic rings. The molecule has 1 N–H and O–H groups in total. The van der Waals surface area contributed by atoms with Crippen molar-refractivity contribution in [1.82, 2.24) is 19.7 Å². The van der Waals surface area contributed by atoms with E-state index in [2.05, 4.69) is 55.8 Å². The van der Waals surface area contributed by atoms with Gasteiger partial charge >= 0.3 is 12.1 Å². The maximum atomic E-state index is 10.6. The van der Waals surface area contributed by atoms with Gasteiger partial charge in [-0.3, -0.25) is 0 Å². The molecule has 0 aliphatic carbocycles. The van der Waals surface area contributed by atoms with Gasteiger partial charge in [0.15, 0.2) is 5.82 Å². The number of carbonyl (C=O) groups is 1. The predicted octanol–water partition coefficient (Wildman–Crippen LogP) is 3.77. The molecule has 0 radical (unpaired) electrons. The molecule has 1 fully saturated rings. The summed E-state index contributed by atoms with van der Waals surface area (Å²) >= 11 is 0. The molecule has 1 spiro atoms. The van der Waals surface area contributed by atoms with E-state index < -0.39 is 12.1 Å². The monoisotopic (exact) mass is 475 g/mol. The first-order valence-corrected chi connectivity index (χ1v) is 10.7. The van der Waals surface area contributed by atoms with E-state index in [1.807, 2.05) is 25.3 Å². The number of halogens is 3. The average Bonchev–Trinajstić information content (AvgIpc) is 3.38. The van der Waals surface area contributed by atoms with Crippen LogP contribution in [0.4, 0.5) is 19.0 Å². The summed E-state index contributed by atoms with van der Waals surface area (Å²) in [6, 6.07) is 12.7. The number of aromatic nitrogens is 4. The van der Waals surface area contributed by atoms with Crippen LogP contribution in [0.5, 0.6) is 0 Å². The van der Waals surface area contributed by atoms with Gasteiger partial charge in [0, 0.05) is 12.1 Å². The van der Waals surface area contributed by atoms with Crippen LogP contribution in [-0.2, 0) is 22.7 Å². The number of ether oxygens (including phenoxy) is 1. The Hall–Kier alpha value is -3.47. The zero-order chi connectivity index (χ0) is 24.5. The van der Waals surface area contributed by atoms with Gasteiger partial charge in [-0.15, -0.1) is 5.10 Å². The molecular formula is C23H24F3N5O3. The molecule has 1 aromatic carbocycles. The zero-order valence-electron chi connectivity index (χ0n) is 18.7. The first-order chi connectivity index (χ1) is 16.1. The lowest BCUT2D eigenvalue weighted by Gasteiger charge is -2.35. The molecule has 11 heteroatoms. The standard InChI is InChI=1S/C21H23N5O.C2HF3O2/c1-15-4-3-5-17(10-15)18-11-22-20-12-27-21(14-26(18)20)8-9-25(13-21)19-7-6-16(2)23-24-19;3-2(4,5)1(6)7/h3-7,10-11H,8-9,12-14H2,1-2H3;(H,6,7). The minimum absolute atomic E-state index is 0.196. The third-order valence-corrected chi connectivity index (χ3v) is 5.87. The Morgan fingerprint density at radius 3 is 2.56 bits per heavy atom. The second-order valence-electron chi connectivity index (χ2n) is 8.49. The topological polar surface area (TPSA) is 93.4 Å². The van der Waals surface area contributed by atoms with Crippen molar-refractivity contribution in [2.75, 3.05) is 18.0 Å². The van der Waals surface area contributed by atoms with Gasteiger partial charge in [-0.1, -0.05) is 23.8 Å². The summed E-state index contributed by atoms with van der Waals surface area (Å²) in [6.45, 7) is 7.22. The number of carboxylic acids is 1. The third kappa shape index (κ3) is 5.04. The lowest BCUT2D eigenvalue weighted by atomic mass is 10.0. The van der Waals surface area contributed by atoms with Crippen LogP contribution in [-0.4, -0.2) is 55.7 Å². The number of rotatable bonds is 2. The largest absolute Gasteiger partial charge is 0.490 e. The molecule has 2 aromatic heterocycles. The Morgan fingerprint density at radius 1 is 1.15 bits per heavy atom. The molecule has 8 nitrogen and oxygen atoms in total. The van der Waals surface area contributed by atoms with E-state index in [-0.39, 0.29) is 5.60 Å². The number of nitrogens with zero attached hydrogens (tertiary/aromatic N) is 5. The van der Waals surface area contributed by atoms with Crippen LogP contribution >= 0.6 is 0 Å². The van der Waals surface area contributed by atoms with Crippen LogP contribution < -0.4 is 4.90 Å². The van der Waals surface area contributed by atoms with Crippen LogP contribution in [0.2, 0.25) is 0 Å². The molecule has 0 saturated carbocycles. The van der Waals surface area contributed by atoms with Crippen LogP contribution in [0.1, 0.15) is 23.5 Å². The van der Waals surface area contributed by atoms with Crippen molar-refractivity contribution in [3.05, 3.63) is 59.7 Å². The molecule has 34 heavy (non-hydrogen) atoms. The Kier molecular flexibility index (Phi) is 6.30. The minimum Gasteiger partial charge on any atom is -0.475 e. The van der Waals surface area contributed by atoms with E-state index in [9.17, 15) is 13.2 Å². The van der Waals surface area contributed by atoms with Gasteiger partial charge < -0.3 is 19.3 Å². The van der Waals surface area contributed by atoms with Gasteiger partial charge in [-0.25, -0.2) is 9.78 Å². The van der Waals surface area contributed by atoms with Gasteiger partial charge in [0.2, 0.25) is 0 Å². The zero-order valence-corrected chi connectivity index (χ0v) is 18.7. The quantitative estimate of drug-likeness (QED) is 0.603. The highest BCUT2D eigenvalue weighted by molar-refractivity contribution is 5.73. The Labute approximate surface area is 194 Å². The van der Waals surface area contributed by atoms with E-state index in [4.69, 9.17) is 14.6 Å². The fourth-order valence-electron chi connectivity index (χ4n) is 4.14. The maximum Gasteiger partial charge on any atom is 0.490 e. The minimum atomic E-state index is -5.08. The van der Waals surface area contributed by atoms with Crippen LogP contribution in [0, 0.1) is 13.8 Å². The van der Waals surface area contributed by atoms with Gasteiger partial charge in [-0.2, -0.15) is 18.3 Å². The number of alkyl halides is 3. The van der Waals surface area contributed by atoms with Crippen molar-refractivity contribution in [1.29, 1.82) is 0 Å². The van der Waals surface area contributed by atoms with Gasteiger partial charge in [0.25, 0.3) is 0 Å². The summed E-state index contributed by atoms with van der Waals surface area (Å²) in [5, 5.41) is 15.7. The SMILES string of the molecule is Cc1cccc(-c2cnc3n2CC2(CCN(c4ccc(C)nn4)C2)OC3)c1.O=C(O)C(F)(F)F. The second-order valence-corrected chi connectivity index (χ2v) is 8.49. The first-order valence-electron chi connectivity index (χ1n) is 10.7. The first kappa shape index (κ1) is 23.7. The molecular weight excluding hydrogens is 451 g/mol. The van der Waals surface area contributed by atoms with Crippen LogP contribution in [0.3, 0.4) is 0 Å². The number of benzene rings is 1. The Bertz CT molecular complexity index is 1180. The number of hydrogen-bond donors (Lipinski definition) is 1. The normalized spacial score (nSPS) is 19.5. The molecule has 2 aliphatic rings. The number of imidazole rings is 1. The van der Waals surface area contributed by atoms with Gasteiger partial charge in [-0.05, 0) is 38.5 Å². The molecule has 1 unspecified atom stereocenters. The van der Waals surface area contributed by atoms with Gasteiger partial charge in [0.1, 0.15) is 18.0 Å². The smallest absolute Gasteiger partial charge is 0.475 e. The van der Waals surface area contributed by atoms with Crippen molar-refractivity contribution in [3.8, 4) is 11.3 Å². The van der Waals surface area contributed by atoms with Gasteiger partial charge in [0.05, 0.1) is 30.7 Å². The lowest BCUT2D eigenvalue weighted by Crippen LogP contribution is -2.44. The number of fused-ring (bicyclic) bond motifs is 1. The molecule has 0 amide bonds. The highest BCUT2D eigenvalue weighted by Gasteiger charge is 2.43. The number of hydrogen-bond acceptors (Lipinski definition) is 6. The average molecular weight is 475 g/mol. The van der Waals surface area contributed by atoms with Crippen molar-refractivity contribution in [2.45, 2.75) is 45.2 Å². The summed E-state index contributed by atoms with van der Waals surface area (Å²) in [4.78, 5) is 15.8. The fourth-order valence-corrected chi connectivity index (χ4v) is 4.14. The van der Waals surface area contributed by atoms with E-state index >= 15 is 0 Å². The Morgan fingerprint density at radius 2 is 1.91 bits per heavy atom. The molecule has 0 bridgehead atoms. The van der Waals surface area contributed by atoms with E-state index in [0.717, 1.165) is 43.4 Å². The number of aryl methyl sites for hydroxylation is 2. The highest BCUT2D eigenvalue weighted by atomic mass is 19.4. The summed E-state index contributed by atoms with van der Waals surface area (Å²) in [5.41, 5.74) is 4.39. The van der Waals surface area contributed by atoms with Crippen molar-refractivity contribution in [3.63, 3.8) is 0 Å². The molecule has 5 rings (SSSR count). The third-order valence-electron chi connectivity index (χ3n) is 5.87. The fraction of sp³-hybridized carbons (Fsp3) is 0.391. The number of aliphatic carboxylic acids is 1. The Balaban J connectivity index is 0.000000344. The molecule has 2 aliphatic heterocycles. The molecule has 180 valence electrons. The maximum absolute atomic E-state index is 10.6. The second kappa shape index (κ2) is 9.05. The molecule has 4 heterocycles. The molecule has 1 saturated heterocycles. The molecule has 1 atom stereocenters. The van der Waals surface area contributed by atoms with Crippen molar-refractivity contribution in [2.24, 2.45) is 0 Å². The van der Waals surface area contributed by atoms with E-state index in [1.54, 1.807) is 0 Å².